The standard InChI is InChI=1S/C17H24NO2Si.2ClH.Zr/c1-17(2,3)18-15-11(8-9-19)6-7-12-10-13-16(14(12)15)21(13,5)20-4;;;/h6-7,10,18-19H,8-9H2,1-5H3;2*1H;/q-1;;;+3/p-2. The molecule has 1 aliphatic rings. The molecule has 0 amide bonds. The van der Waals surface area contributed by atoms with E-state index in [2.05, 4.69) is 50.8 Å². The molecule has 1 aliphatic heterocycles. The second-order valence-electron chi connectivity index (χ2n) is 7.08. The van der Waals surface area contributed by atoms with E-state index in [0.717, 1.165) is 0 Å². The Balaban J connectivity index is 0.00000176. The number of rotatable bonds is 4. The summed E-state index contributed by atoms with van der Waals surface area (Å²) in [6.45, 7) is 8.94. The molecular formula is C17H24Cl2NO2SiZr. The Morgan fingerprint density at radius 1 is 1.25 bits per heavy atom. The fourth-order valence-corrected chi connectivity index (χ4v) is 6.32. The zero-order valence-electron chi connectivity index (χ0n) is 14.8. The van der Waals surface area contributed by atoms with Gasteiger partial charge in [-0.2, -0.15) is 0 Å². The minimum absolute atomic E-state index is 0. The van der Waals surface area contributed by atoms with Crippen molar-refractivity contribution in [1.82, 2.24) is 0 Å². The van der Waals surface area contributed by atoms with Gasteiger partial charge in [0.2, 0.25) is 0 Å². The smallest absolute Gasteiger partial charge is 1.00 e. The Morgan fingerprint density at radius 3 is 2.38 bits per heavy atom. The maximum atomic E-state index is 9.35. The van der Waals surface area contributed by atoms with Crippen molar-refractivity contribution in [1.29, 1.82) is 0 Å². The molecular weight excluding hydrogens is 440 g/mol. The SMILES string of the molecule is CO[Si]1(C)c2[cH-]c3ccc(CCO)c(NC(C)(C)C)c3c21.[Cl-].[Cl-].[Zr+3]. The molecule has 0 saturated heterocycles. The second kappa shape index (κ2) is 8.28. The topological polar surface area (TPSA) is 41.5 Å². The number of fused-ring (bicyclic) bond motifs is 3. The van der Waals surface area contributed by atoms with Crippen LogP contribution in [-0.2, 0) is 37.1 Å². The van der Waals surface area contributed by atoms with Crippen molar-refractivity contribution in [3.05, 3.63) is 23.8 Å². The molecule has 3 rings (SSSR count). The van der Waals surface area contributed by atoms with Crippen LogP contribution in [0.5, 0.6) is 0 Å². The van der Waals surface area contributed by atoms with Crippen LogP contribution in [0.1, 0.15) is 26.3 Å². The third kappa shape index (κ3) is 3.97. The van der Waals surface area contributed by atoms with Gasteiger partial charge in [0, 0.05) is 19.3 Å². The van der Waals surface area contributed by atoms with E-state index >= 15 is 0 Å². The minimum Gasteiger partial charge on any atom is -1.00 e. The van der Waals surface area contributed by atoms with E-state index in [1.54, 1.807) is 0 Å². The Labute approximate surface area is 177 Å². The number of aliphatic hydroxyl groups excluding tert-OH is 1. The van der Waals surface area contributed by atoms with Gasteiger partial charge in [-0.25, -0.2) is 0 Å². The first kappa shape index (κ1) is 24.2. The molecule has 0 aliphatic carbocycles. The fourth-order valence-electron chi connectivity index (χ4n) is 3.23. The molecule has 0 bridgehead atoms. The summed E-state index contributed by atoms with van der Waals surface area (Å²) in [6.07, 6.45) is 0.680. The van der Waals surface area contributed by atoms with Crippen LogP contribution in [0.25, 0.3) is 10.8 Å². The molecule has 131 valence electrons. The molecule has 1 unspecified atom stereocenters. The minimum atomic E-state index is -1.76. The number of halogens is 2. The van der Waals surface area contributed by atoms with Crippen molar-refractivity contribution in [2.45, 2.75) is 39.3 Å². The van der Waals surface area contributed by atoms with E-state index in [-0.39, 0.29) is 63.2 Å². The van der Waals surface area contributed by atoms with Gasteiger partial charge in [-0.3, -0.25) is 0 Å². The van der Waals surface area contributed by atoms with Crippen molar-refractivity contribution in [2.75, 3.05) is 19.0 Å². The van der Waals surface area contributed by atoms with Crippen LogP contribution in [0.3, 0.4) is 0 Å². The van der Waals surface area contributed by atoms with Crippen LogP contribution in [0.4, 0.5) is 5.69 Å². The van der Waals surface area contributed by atoms with Crippen molar-refractivity contribution < 1.29 is 60.6 Å². The number of anilines is 1. The average molecular weight is 465 g/mol. The largest absolute Gasteiger partial charge is 3.00 e. The maximum Gasteiger partial charge on any atom is 3.00 e. The normalized spacial score (nSPS) is 18.1. The summed E-state index contributed by atoms with van der Waals surface area (Å²) in [5, 5.41) is 18.5. The number of benzene rings is 1. The molecule has 2 aromatic rings. The number of nitrogens with one attached hydrogen (secondary N) is 1. The third-order valence-electron chi connectivity index (χ3n) is 4.36. The Morgan fingerprint density at radius 2 is 1.88 bits per heavy atom. The van der Waals surface area contributed by atoms with Gasteiger partial charge in [0.25, 0.3) is 0 Å². The molecule has 3 nitrogen and oxygen atoms in total. The average Bonchev–Trinajstić information content (AvgIpc) is 2.80. The Bertz CT molecular complexity index is 715. The predicted octanol–water partition coefficient (Wildman–Crippen LogP) is -4.04. The van der Waals surface area contributed by atoms with E-state index in [0.29, 0.717) is 6.42 Å². The summed E-state index contributed by atoms with van der Waals surface area (Å²) in [5.74, 6) is 0. The van der Waals surface area contributed by atoms with Gasteiger partial charge >= 0.3 is 26.2 Å². The summed E-state index contributed by atoms with van der Waals surface area (Å²) < 4.78 is 5.81. The summed E-state index contributed by atoms with van der Waals surface area (Å²) in [4.78, 5) is 0. The predicted molar refractivity (Wildman–Crippen MR) is 91.6 cm³/mol. The molecule has 0 saturated carbocycles. The van der Waals surface area contributed by atoms with Gasteiger partial charge in [-0.05, 0) is 45.0 Å². The van der Waals surface area contributed by atoms with Gasteiger partial charge in [0.15, 0.2) is 8.32 Å². The maximum absolute atomic E-state index is 9.35. The molecule has 0 aromatic heterocycles. The first-order chi connectivity index (χ1) is 9.81. The zero-order chi connectivity index (χ0) is 15.4. The number of hydrogen-bond donors (Lipinski definition) is 2. The van der Waals surface area contributed by atoms with Crippen molar-refractivity contribution >= 4 is 35.2 Å². The van der Waals surface area contributed by atoms with Crippen LogP contribution in [0.2, 0.25) is 6.55 Å². The van der Waals surface area contributed by atoms with Gasteiger partial charge in [-0.15, -0.1) is 33.3 Å². The van der Waals surface area contributed by atoms with Gasteiger partial charge < -0.3 is 39.7 Å². The summed E-state index contributed by atoms with van der Waals surface area (Å²) in [7, 11) is 0.0701. The number of aliphatic hydroxyl groups is 1. The molecule has 24 heavy (non-hydrogen) atoms. The first-order valence-corrected chi connectivity index (χ1v) is 9.93. The third-order valence-corrected chi connectivity index (χ3v) is 7.82. The monoisotopic (exact) mass is 462 g/mol. The summed E-state index contributed by atoms with van der Waals surface area (Å²) in [5.41, 5.74) is 2.36. The molecule has 7 heteroatoms. The summed E-state index contributed by atoms with van der Waals surface area (Å²) >= 11 is 0. The van der Waals surface area contributed by atoms with Crippen LogP contribution < -0.4 is 40.5 Å². The second-order valence-corrected chi connectivity index (χ2v) is 10.6. The van der Waals surface area contributed by atoms with Crippen molar-refractivity contribution in [3.63, 3.8) is 0 Å². The van der Waals surface area contributed by atoms with E-state index < -0.39 is 8.32 Å². The van der Waals surface area contributed by atoms with Gasteiger partial charge in [0.05, 0.1) is 0 Å². The molecule has 1 atom stereocenters. The molecule has 0 fully saturated rings. The van der Waals surface area contributed by atoms with Gasteiger partial charge in [0.1, 0.15) is 0 Å². The van der Waals surface area contributed by atoms with E-state index in [1.165, 1.54) is 32.4 Å². The molecule has 2 aromatic carbocycles. The quantitative estimate of drug-likeness (QED) is 0.358. The van der Waals surface area contributed by atoms with Crippen LogP contribution >= 0.6 is 0 Å². The van der Waals surface area contributed by atoms with E-state index in [4.69, 9.17) is 4.43 Å². The summed E-state index contributed by atoms with van der Waals surface area (Å²) in [6, 6.07) is 6.60. The van der Waals surface area contributed by atoms with E-state index in [9.17, 15) is 5.11 Å². The molecule has 1 heterocycles. The van der Waals surface area contributed by atoms with Crippen molar-refractivity contribution in [3.8, 4) is 0 Å². The van der Waals surface area contributed by atoms with Crippen LogP contribution in [0.15, 0.2) is 18.2 Å². The van der Waals surface area contributed by atoms with Gasteiger partial charge in [-0.1, -0.05) is 6.07 Å². The molecule has 2 N–H and O–H groups in total. The van der Waals surface area contributed by atoms with Crippen LogP contribution in [0, 0.1) is 0 Å². The molecule has 0 spiro atoms. The van der Waals surface area contributed by atoms with E-state index in [1.807, 2.05) is 7.11 Å². The Hall–Kier alpha value is 0.230. The zero-order valence-corrected chi connectivity index (χ0v) is 19.7. The van der Waals surface area contributed by atoms with Crippen LogP contribution in [-0.4, -0.2) is 32.7 Å². The first-order valence-electron chi connectivity index (χ1n) is 7.52. The fraction of sp³-hybridized carbons (Fsp3) is 0.471. The van der Waals surface area contributed by atoms with Crippen molar-refractivity contribution in [2.24, 2.45) is 0 Å². The molecule has 1 radical (unpaired) electrons. The Kier molecular flexibility index (Phi) is 8.36. The number of hydrogen-bond acceptors (Lipinski definition) is 3.